The van der Waals surface area contributed by atoms with Gasteiger partial charge in [-0.25, -0.2) is 4.98 Å². The number of nitro groups is 1. The molecule has 1 N–H and O–H groups in total. The maximum absolute atomic E-state index is 10.7. The molecule has 0 atom stereocenters. The Labute approximate surface area is 113 Å². The van der Waals surface area contributed by atoms with Crippen molar-refractivity contribution in [3.05, 3.63) is 46.6 Å². The SMILES string of the molecule is Cn1nc2ccc(Nc3cc([N+](=O)[O-])ccn3)cc2n1. The van der Waals surface area contributed by atoms with Gasteiger partial charge in [-0.1, -0.05) is 0 Å². The second-order valence-electron chi connectivity index (χ2n) is 4.17. The fraction of sp³-hybridized carbons (Fsp3) is 0.0833. The van der Waals surface area contributed by atoms with Crippen LogP contribution in [0.1, 0.15) is 0 Å². The van der Waals surface area contributed by atoms with E-state index in [-0.39, 0.29) is 5.69 Å². The summed E-state index contributed by atoms with van der Waals surface area (Å²) in [5.74, 6) is 0.405. The van der Waals surface area contributed by atoms with Gasteiger partial charge in [0.1, 0.15) is 16.9 Å². The van der Waals surface area contributed by atoms with Gasteiger partial charge in [0, 0.05) is 25.0 Å². The Balaban J connectivity index is 1.92. The van der Waals surface area contributed by atoms with Crippen molar-refractivity contribution in [3.8, 4) is 0 Å². The molecule has 0 amide bonds. The predicted molar refractivity (Wildman–Crippen MR) is 72.7 cm³/mol. The lowest BCUT2D eigenvalue weighted by Gasteiger charge is -2.04. The number of aromatic nitrogens is 4. The molecule has 8 nitrogen and oxygen atoms in total. The summed E-state index contributed by atoms with van der Waals surface area (Å²) in [5.41, 5.74) is 2.25. The number of benzene rings is 1. The van der Waals surface area contributed by atoms with Crippen LogP contribution in [0.4, 0.5) is 17.2 Å². The van der Waals surface area contributed by atoms with E-state index in [1.807, 2.05) is 18.2 Å². The number of fused-ring (bicyclic) bond motifs is 1. The number of hydrogen-bond donors (Lipinski definition) is 1. The lowest BCUT2D eigenvalue weighted by Crippen LogP contribution is -1.95. The second kappa shape index (κ2) is 4.57. The highest BCUT2D eigenvalue weighted by molar-refractivity contribution is 5.79. The van der Waals surface area contributed by atoms with Gasteiger partial charge in [0.2, 0.25) is 0 Å². The Morgan fingerprint density at radius 3 is 2.80 bits per heavy atom. The molecule has 0 spiro atoms. The normalized spacial score (nSPS) is 10.7. The molecule has 3 aromatic rings. The van der Waals surface area contributed by atoms with E-state index in [2.05, 4.69) is 20.5 Å². The minimum absolute atomic E-state index is 0.0110. The molecule has 100 valence electrons. The highest BCUT2D eigenvalue weighted by Crippen LogP contribution is 2.21. The molecule has 0 aliphatic heterocycles. The molecular weight excluding hydrogens is 260 g/mol. The summed E-state index contributed by atoms with van der Waals surface area (Å²) in [5, 5.41) is 22.1. The van der Waals surface area contributed by atoms with Crippen molar-refractivity contribution in [3.63, 3.8) is 0 Å². The largest absolute Gasteiger partial charge is 0.340 e. The smallest absolute Gasteiger partial charge is 0.274 e. The van der Waals surface area contributed by atoms with Crippen LogP contribution in [0.15, 0.2) is 36.5 Å². The van der Waals surface area contributed by atoms with E-state index in [1.165, 1.54) is 23.1 Å². The molecule has 0 bridgehead atoms. The standard InChI is InChI=1S/C12H10N6O2/c1-17-15-10-3-2-8(6-11(10)16-17)14-12-7-9(18(19)20)4-5-13-12/h2-7H,1H3,(H,13,14). The van der Waals surface area contributed by atoms with Crippen molar-refractivity contribution in [1.82, 2.24) is 20.0 Å². The number of rotatable bonds is 3. The summed E-state index contributed by atoms with van der Waals surface area (Å²) in [6.45, 7) is 0. The average Bonchev–Trinajstić information content (AvgIpc) is 2.78. The van der Waals surface area contributed by atoms with Gasteiger partial charge in [-0.3, -0.25) is 10.1 Å². The van der Waals surface area contributed by atoms with Crippen LogP contribution in [0.5, 0.6) is 0 Å². The highest BCUT2D eigenvalue weighted by Gasteiger charge is 2.07. The van der Waals surface area contributed by atoms with Gasteiger partial charge in [-0.15, -0.1) is 0 Å². The van der Waals surface area contributed by atoms with E-state index in [0.717, 1.165) is 16.7 Å². The first-order valence-electron chi connectivity index (χ1n) is 5.80. The predicted octanol–water partition coefficient (Wildman–Crippen LogP) is 2.02. The lowest BCUT2D eigenvalue weighted by molar-refractivity contribution is -0.384. The summed E-state index contributed by atoms with van der Waals surface area (Å²) in [7, 11) is 1.75. The third-order valence-electron chi connectivity index (χ3n) is 2.71. The number of anilines is 2. The Morgan fingerprint density at radius 1 is 1.20 bits per heavy atom. The Morgan fingerprint density at radius 2 is 2.00 bits per heavy atom. The molecular formula is C12H10N6O2. The van der Waals surface area contributed by atoms with Gasteiger partial charge in [0.05, 0.1) is 11.0 Å². The van der Waals surface area contributed by atoms with Gasteiger partial charge in [0.15, 0.2) is 0 Å². The average molecular weight is 270 g/mol. The molecule has 0 saturated heterocycles. The van der Waals surface area contributed by atoms with Gasteiger partial charge >= 0.3 is 0 Å². The van der Waals surface area contributed by atoms with Crippen LogP contribution in [-0.2, 0) is 7.05 Å². The van der Waals surface area contributed by atoms with Gasteiger partial charge in [-0.2, -0.15) is 15.0 Å². The highest BCUT2D eigenvalue weighted by atomic mass is 16.6. The fourth-order valence-corrected chi connectivity index (χ4v) is 1.85. The fourth-order valence-electron chi connectivity index (χ4n) is 1.85. The van der Waals surface area contributed by atoms with Gasteiger partial charge < -0.3 is 5.32 Å². The van der Waals surface area contributed by atoms with Gasteiger partial charge in [0.25, 0.3) is 5.69 Å². The molecule has 2 heterocycles. The van der Waals surface area contributed by atoms with Crippen molar-refractivity contribution >= 4 is 28.2 Å². The number of hydrogen-bond acceptors (Lipinski definition) is 6. The van der Waals surface area contributed by atoms with Crippen LogP contribution in [-0.4, -0.2) is 24.9 Å². The molecule has 20 heavy (non-hydrogen) atoms. The summed E-state index contributed by atoms with van der Waals surface area (Å²) in [6, 6.07) is 8.17. The van der Waals surface area contributed by atoms with Gasteiger partial charge in [-0.05, 0) is 18.2 Å². The molecule has 3 rings (SSSR count). The topological polar surface area (TPSA) is 98.8 Å². The van der Waals surface area contributed by atoms with Crippen LogP contribution >= 0.6 is 0 Å². The van der Waals surface area contributed by atoms with Crippen molar-refractivity contribution in [1.29, 1.82) is 0 Å². The van der Waals surface area contributed by atoms with E-state index >= 15 is 0 Å². The first kappa shape index (κ1) is 12.0. The van der Waals surface area contributed by atoms with Crippen molar-refractivity contribution < 1.29 is 4.92 Å². The lowest BCUT2D eigenvalue weighted by atomic mass is 10.2. The Hall–Kier alpha value is -3.03. The molecule has 1 aromatic carbocycles. The number of nitrogens with one attached hydrogen (secondary N) is 1. The van der Waals surface area contributed by atoms with Crippen LogP contribution in [0.3, 0.4) is 0 Å². The summed E-state index contributed by atoms with van der Waals surface area (Å²) in [6.07, 6.45) is 1.39. The van der Waals surface area contributed by atoms with Crippen LogP contribution in [0.2, 0.25) is 0 Å². The molecule has 0 fully saturated rings. The Bertz CT molecular complexity index is 797. The second-order valence-corrected chi connectivity index (χ2v) is 4.17. The van der Waals surface area contributed by atoms with E-state index in [9.17, 15) is 10.1 Å². The van der Waals surface area contributed by atoms with Crippen LogP contribution in [0, 0.1) is 10.1 Å². The molecule has 0 radical (unpaired) electrons. The number of nitrogens with zero attached hydrogens (tertiary/aromatic N) is 5. The number of pyridine rings is 1. The van der Waals surface area contributed by atoms with Crippen LogP contribution in [0.25, 0.3) is 11.0 Å². The van der Waals surface area contributed by atoms with Crippen molar-refractivity contribution in [2.75, 3.05) is 5.32 Å². The third-order valence-corrected chi connectivity index (χ3v) is 2.71. The van der Waals surface area contributed by atoms with Crippen molar-refractivity contribution in [2.24, 2.45) is 7.05 Å². The first-order valence-corrected chi connectivity index (χ1v) is 5.80. The third kappa shape index (κ3) is 2.26. The van der Waals surface area contributed by atoms with E-state index in [4.69, 9.17) is 0 Å². The number of aryl methyl sites for hydroxylation is 1. The first-order chi connectivity index (χ1) is 9.61. The maximum atomic E-state index is 10.7. The van der Waals surface area contributed by atoms with Crippen molar-refractivity contribution in [2.45, 2.75) is 0 Å². The van der Waals surface area contributed by atoms with Crippen LogP contribution < -0.4 is 5.32 Å². The molecule has 0 unspecified atom stereocenters. The zero-order valence-corrected chi connectivity index (χ0v) is 10.5. The summed E-state index contributed by atoms with van der Waals surface area (Å²) < 4.78 is 0. The quantitative estimate of drug-likeness (QED) is 0.577. The Kier molecular flexibility index (Phi) is 2.75. The summed E-state index contributed by atoms with van der Waals surface area (Å²) >= 11 is 0. The zero-order valence-electron chi connectivity index (χ0n) is 10.5. The summed E-state index contributed by atoms with van der Waals surface area (Å²) in [4.78, 5) is 15.8. The molecule has 0 aliphatic rings. The minimum Gasteiger partial charge on any atom is -0.340 e. The molecule has 0 saturated carbocycles. The van der Waals surface area contributed by atoms with E-state index in [1.54, 1.807) is 7.05 Å². The maximum Gasteiger partial charge on any atom is 0.274 e. The molecule has 0 aliphatic carbocycles. The van der Waals surface area contributed by atoms with E-state index in [0.29, 0.717) is 5.82 Å². The van der Waals surface area contributed by atoms with E-state index < -0.39 is 4.92 Å². The molecule has 8 heteroatoms. The minimum atomic E-state index is -0.460. The zero-order chi connectivity index (χ0) is 14.1. The molecule has 2 aromatic heterocycles. The monoisotopic (exact) mass is 270 g/mol.